The Morgan fingerprint density at radius 2 is 2.26 bits per heavy atom. The number of nitroso groups, excluding NO2 is 1. The number of nitrogens with zero attached hydrogens (tertiary/aromatic N) is 4. The number of rotatable bonds is 5. The second-order valence-corrected chi connectivity index (χ2v) is 5.28. The van der Waals surface area contributed by atoms with Crippen LogP contribution in [0.3, 0.4) is 0 Å². The second-order valence-electron chi connectivity index (χ2n) is 5.28. The molecule has 1 unspecified atom stereocenters. The van der Waals surface area contributed by atoms with Gasteiger partial charge in [0, 0.05) is 50.7 Å². The van der Waals surface area contributed by atoms with Gasteiger partial charge in [0.25, 0.3) is 0 Å². The predicted octanol–water partition coefficient (Wildman–Crippen LogP) is 1.66. The molecule has 5 nitrogen and oxygen atoms in total. The smallest absolute Gasteiger partial charge is 0.0938 e. The molecule has 1 atom stereocenters. The van der Waals surface area contributed by atoms with Crippen LogP contribution in [0.4, 0.5) is 0 Å². The number of hydrogen-bond acceptors (Lipinski definition) is 5. The van der Waals surface area contributed by atoms with Gasteiger partial charge in [-0.15, -0.1) is 0 Å². The molecule has 0 spiro atoms. The highest BCUT2D eigenvalue weighted by Crippen LogP contribution is 2.13. The number of pyridine rings is 1. The van der Waals surface area contributed by atoms with Crippen LogP contribution in [0, 0.1) is 11.8 Å². The van der Waals surface area contributed by atoms with E-state index in [1.54, 1.807) is 0 Å². The lowest BCUT2D eigenvalue weighted by atomic mass is 10.1. The van der Waals surface area contributed by atoms with Crippen molar-refractivity contribution in [3.8, 4) is 0 Å². The van der Waals surface area contributed by atoms with Crippen LogP contribution in [0.2, 0.25) is 0 Å². The van der Waals surface area contributed by atoms with E-state index in [9.17, 15) is 4.91 Å². The molecule has 1 aromatic rings. The Morgan fingerprint density at radius 1 is 1.42 bits per heavy atom. The van der Waals surface area contributed by atoms with Crippen LogP contribution in [0.5, 0.6) is 0 Å². The summed E-state index contributed by atoms with van der Waals surface area (Å²) in [7, 11) is 0. The van der Waals surface area contributed by atoms with Crippen molar-refractivity contribution in [1.82, 2.24) is 14.8 Å². The Morgan fingerprint density at radius 3 is 2.89 bits per heavy atom. The summed E-state index contributed by atoms with van der Waals surface area (Å²) in [5.41, 5.74) is 2.32. The maximum Gasteiger partial charge on any atom is 0.0938 e. The summed E-state index contributed by atoms with van der Waals surface area (Å²) < 4.78 is 0. The van der Waals surface area contributed by atoms with E-state index in [0.29, 0.717) is 12.6 Å². The van der Waals surface area contributed by atoms with Crippen LogP contribution in [0.25, 0.3) is 0 Å². The third kappa shape index (κ3) is 4.08. The molecule has 0 saturated carbocycles. The van der Waals surface area contributed by atoms with Crippen molar-refractivity contribution in [3.63, 3.8) is 0 Å². The van der Waals surface area contributed by atoms with Crippen molar-refractivity contribution in [2.75, 3.05) is 32.7 Å². The van der Waals surface area contributed by atoms with Gasteiger partial charge in [0.2, 0.25) is 0 Å². The van der Waals surface area contributed by atoms with Crippen molar-refractivity contribution in [3.05, 3.63) is 34.5 Å². The molecule has 0 aromatic carbocycles. The Labute approximate surface area is 114 Å². The molecule has 0 N–H and O–H groups in total. The van der Waals surface area contributed by atoms with Crippen molar-refractivity contribution in [2.24, 2.45) is 5.18 Å². The van der Waals surface area contributed by atoms with E-state index in [4.69, 9.17) is 0 Å². The van der Waals surface area contributed by atoms with Crippen LogP contribution in [0.15, 0.2) is 23.5 Å². The zero-order chi connectivity index (χ0) is 13.7. The minimum Gasteiger partial charge on any atom is -0.299 e. The maximum absolute atomic E-state index is 10.2. The topological polar surface area (TPSA) is 48.8 Å². The van der Waals surface area contributed by atoms with Gasteiger partial charge in [-0.1, -0.05) is 11.2 Å². The summed E-state index contributed by atoms with van der Waals surface area (Å²) in [4.78, 5) is 19.3. The third-order valence-electron chi connectivity index (χ3n) is 3.72. The van der Waals surface area contributed by atoms with Gasteiger partial charge in [-0.3, -0.25) is 14.8 Å². The van der Waals surface area contributed by atoms with Gasteiger partial charge in [-0.2, -0.15) is 4.91 Å². The van der Waals surface area contributed by atoms with Gasteiger partial charge in [-0.25, -0.2) is 0 Å². The minimum atomic E-state index is 0.397. The predicted molar refractivity (Wildman–Crippen MR) is 75.9 cm³/mol. The van der Waals surface area contributed by atoms with Crippen molar-refractivity contribution >= 4 is 0 Å². The SMILES string of the molecule is Cc1ccc(CN2CCN(CCN=O)CC2C)cn1. The quantitative estimate of drug-likeness (QED) is 0.757. The molecule has 0 amide bonds. The van der Waals surface area contributed by atoms with E-state index in [2.05, 4.69) is 39.0 Å². The van der Waals surface area contributed by atoms with Crippen LogP contribution < -0.4 is 0 Å². The fourth-order valence-electron chi connectivity index (χ4n) is 2.52. The van der Waals surface area contributed by atoms with Crippen LogP contribution in [-0.4, -0.2) is 53.5 Å². The first-order valence-corrected chi connectivity index (χ1v) is 6.86. The van der Waals surface area contributed by atoms with Crippen LogP contribution in [0.1, 0.15) is 18.2 Å². The lowest BCUT2D eigenvalue weighted by Crippen LogP contribution is -2.51. The van der Waals surface area contributed by atoms with Gasteiger partial charge in [0.1, 0.15) is 0 Å². The fraction of sp³-hybridized carbons (Fsp3) is 0.643. The Balaban J connectivity index is 1.85. The summed E-state index contributed by atoms with van der Waals surface area (Å²) in [6, 6.07) is 4.71. The first-order chi connectivity index (χ1) is 9.19. The summed E-state index contributed by atoms with van der Waals surface area (Å²) in [6.07, 6.45) is 1.96. The van der Waals surface area contributed by atoms with Crippen LogP contribution >= 0.6 is 0 Å². The molecular formula is C14H22N4O. The number of aromatic nitrogens is 1. The first-order valence-electron chi connectivity index (χ1n) is 6.86. The molecule has 0 bridgehead atoms. The molecule has 19 heavy (non-hydrogen) atoms. The molecule has 1 saturated heterocycles. The lowest BCUT2D eigenvalue weighted by molar-refractivity contribution is 0.0796. The van der Waals surface area contributed by atoms with Crippen LogP contribution in [-0.2, 0) is 6.54 Å². The zero-order valence-corrected chi connectivity index (χ0v) is 11.7. The first kappa shape index (κ1) is 14.1. The van der Waals surface area contributed by atoms with Gasteiger partial charge >= 0.3 is 0 Å². The van der Waals surface area contributed by atoms with E-state index in [0.717, 1.165) is 38.4 Å². The van der Waals surface area contributed by atoms with Crippen molar-refractivity contribution in [1.29, 1.82) is 0 Å². The molecule has 2 heterocycles. The molecular weight excluding hydrogens is 240 g/mol. The van der Waals surface area contributed by atoms with E-state index in [1.165, 1.54) is 5.56 Å². The minimum absolute atomic E-state index is 0.397. The van der Waals surface area contributed by atoms with Gasteiger partial charge in [0.05, 0.1) is 6.54 Å². The zero-order valence-electron chi connectivity index (χ0n) is 11.7. The molecule has 1 aromatic heterocycles. The molecule has 5 heteroatoms. The van der Waals surface area contributed by atoms with E-state index in [-0.39, 0.29) is 0 Å². The molecule has 1 aliphatic heterocycles. The average molecular weight is 262 g/mol. The average Bonchev–Trinajstić information content (AvgIpc) is 2.41. The monoisotopic (exact) mass is 262 g/mol. The Bertz CT molecular complexity index is 406. The molecule has 104 valence electrons. The normalized spacial score (nSPS) is 21.5. The lowest BCUT2D eigenvalue weighted by Gasteiger charge is -2.39. The van der Waals surface area contributed by atoms with Gasteiger partial charge in [0.15, 0.2) is 0 Å². The summed E-state index contributed by atoms with van der Waals surface area (Å²) in [5, 5.41) is 2.94. The highest BCUT2D eigenvalue weighted by molar-refractivity contribution is 5.13. The third-order valence-corrected chi connectivity index (χ3v) is 3.72. The molecule has 1 aliphatic rings. The summed E-state index contributed by atoms with van der Waals surface area (Å²) >= 11 is 0. The standard InChI is InChI=1S/C14H22N4O/c1-12-3-4-14(9-15-12)11-18-8-7-17(6-5-16-19)10-13(18)2/h3-4,9,13H,5-8,10-11H2,1-2H3. The number of hydrogen-bond donors (Lipinski definition) is 0. The molecule has 0 aliphatic carbocycles. The Hall–Kier alpha value is -1.33. The van der Waals surface area contributed by atoms with E-state index in [1.807, 2.05) is 13.1 Å². The van der Waals surface area contributed by atoms with Crippen molar-refractivity contribution in [2.45, 2.75) is 26.4 Å². The largest absolute Gasteiger partial charge is 0.299 e. The molecule has 0 radical (unpaired) electrons. The number of aryl methyl sites for hydroxylation is 1. The summed E-state index contributed by atoms with van der Waals surface area (Å²) in [5.74, 6) is 0. The molecule has 2 rings (SSSR count). The maximum atomic E-state index is 10.2. The highest BCUT2D eigenvalue weighted by atomic mass is 16.3. The van der Waals surface area contributed by atoms with E-state index < -0.39 is 0 Å². The fourth-order valence-corrected chi connectivity index (χ4v) is 2.52. The second kappa shape index (κ2) is 6.73. The van der Waals surface area contributed by atoms with Gasteiger partial charge in [-0.05, 0) is 25.5 Å². The van der Waals surface area contributed by atoms with E-state index >= 15 is 0 Å². The number of piperazine rings is 1. The highest BCUT2D eigenvalue weighted by Gasteiger charge is 2.23. The molecule has 1 fully saturated rings. The van der Waals surface area contributed by atoms with Gasteiger partial charge < -0.3 is 0 Å². The Kier molecular flexibility index (Phi) is 4.99. The summed E-state index contributed by atoms with van der Waals surface area (Å²) in [6.45, 7) is 9.44. The van der Waals surface area contributed by atoms with Crippen molar-refractivity contribution < 1.29 is 0 Å².